The van der Waals surface area contributed by atoms with Crippen LogP contribution in [-0.4, -0.2) is 54.1 Å². The van der Waals surface area contributed by atoms with Crippen molar-refractivity contribution in [3.8, 4) is 0 Å². The molecule has 3 rings (SSSR count). The van der Waals surface area contributed by atoms with Gasteiger partial charge >= 0.3 is 0 Å². The molecule has 0 radical (unpaired) electrons. The molecule has 104 valence electrons. The number of rotatable bonds is 3. The lowest BCUT2D eigenvalue weighted by molar-refractivity contribution is 0.230. The highest BCUT2D eigenvalue weighted by molar-refractivity contribution is 5.49. The van der Waals surface area contributed by atoms with E-state index in [4.69, 9.17) is 4.98 Å². The summed E-state index contributed by atoms with van der Waals surface area (Å²) in [6.07, 6.45) is 3.57. The first kappa shape index (κ1) is 12.7. The second-order valence-electron chi connectivity index (χ2n) is 5.41. The largest absolute Gasteiger partial charge is 0.373 e. The summed E-state index contributed by atoms with van der Waals surface area (Å²) in [6.45, 7) is 6.76. The van der Waals surface area contributed by atoms with Crippen LogP contribution in [0.3, 0.4) is 0 Å². The van der Waals surface area contributed by atoms with Crippen LogP contribution in [0.5, 0.6) is 0 Å². The van der Waals surface area contributed by atoms with Gasteiger partial charge in [-0.25, -0.2) is 9.97 Å². The zero-order valence-electron chi connectivity index (χ0n) is 11.9. The van der Waals surface area contributed by atoms with Gasteiger partial charge in [-0.05, 0) is 19.4 Å². The predicted molar refractivity (Wildman–Crippen MR) is 77.8 cm³/mol. The summed E-state index contributed by atoms with van der Waals surface area (Å²) in [5.41, 5.74) is 0. The minimum Gasteiger partial charge on any atom is -0.373 e. The summed E-state index contributed by atoms with van der Waals surface area (Å²) < 4.78 is 0. The van der Waals surface area contributed by atoms with Gasteiger partial charge in [0, 0.05) is 45.2 Å². The van der Waals surface area contributed by atoms with Gasteiger partial charge in [0.2, 0.25) is 0 Å². The number of nitrogens with one attached hydrogen (secondary N) is 1. The average Bonchev–Trinajstić information content (AvgIpc) is 2.94. The van der Waals surface area contributed by atoms with Gasteiger partial charge in [-0.1, -0.05) is 6.92 Å². The molecule has 19 heavy (non-hydrogen) atoms. The van der Waals surface area contributed by atoms with E-state index in [1.807, 2.05) is 7.05 Å². The molecule has 1 aromatic heterocycles. The molecule has 2 aliphatic heterocycles. The van der Waals surface area contributed by atoms with Crippen molar-refractivity contribution in [1.29, 1.82) is 0 Å². The zero-order chi connectivity index (χ0) is 13.2. The van der Waals surface area contributed by atoms with E-state index in [2.05, 4.69) is 33.1 Å². The molecule has 2 fully saturated rings. The molecule has 1 aromatic rings. The van der Waals surface area contributed by atoms with E-state index in [1.165, 1.54) is 25.9 Å². The summed E-state index contributed by atoms with van der Waals surface area (Å²) in [4.78, 5) is 14.2. The normalized spacial score (nSPS) is 23.5. The SMILES string of the molecule is CCc1nc(NC)cc(N2CCN3CCCC3C2)n1. The van der Waals surface area contributed by atoms with Gasteiger partial charge in [0.1, 0.15) is 17.5 Å². The molecule has 1 unspecified atom stereocenters. The van der Waals surface area contributed by atoms with Crippen LogP contribution in [0.4, 0.5) is 11.6 Å². The molecule has 0 bridgehead atoms. The fourth-order valence-corrected chi connectivity index (χ4v) is 3.13. The predicted octanol–water partition coefficient (Wildman–Crippen LogP) is 1.37. The van der Waals surface area contributed by atoms with Crippen molar-refractivity contribution in [3.05, 3.63) is 11.9 Å². The minimum atomic E-state index is 0.729. The van der Waals surface area contributed by atoms with Gasteiger partial charge in [0.25, 0.3) is 0 Å². The van der Waals surface area contributed by atoms with Gasteiger partial charge in [-0.3, -0.25) is 4.90 Å². The standard InChI is InChI=1S/C14H23N5/c1-3-12-16-13(15-2)9-14(17-12)19-8-7-18-6-4-5-11(18)10-19/h9,11H,3-8,10H2,1-2H3,(H,15,16,17). The number of anilines is 2. The van der Waals surface area contributed by atoms with E-state index < -0.39 is 0 Å². The highest BCUT2D eigenvalue weighted by Crippen LogP contribution is 2.25. The third-order valence-electron chi connectivity index (χ3n) is 4.24. The van der Waals surface area contributed by atoms with Crippen molar-refractivity contribution in [2.75, 3.05) is 43.4 Å². The monoisotopic (exact) mass is 261 g/mol. The second kappa shape index (κ2) is 5.33. The number of hydrogen-bond donors (Lipinski definition) is 1. The lowest BCUT2D eigenvalue weighted by Gasteiger charge is -2.38. The minimum absolute atomic E-state index is 0.729. The molecule has 1 N–H and O–H groups in total. The van der Waals surface area contributed by atoms with Crippen LogP contribution in [0.25, 0.3) is 0 Å². The van der Waals surface area contributed by atoms with Crippen LogP contribution in [0.1, 0.15) is 25.6 Å². The first-order chi connectivity index (χ1) is 9.30. The van der Waals surface area contributed by atoms with E-state index in [9.17, 15) is 0 Å². The molecule has 2 saturated heterocycles. The number of hydrogen-bond acceptors (Lipinski definition) is 5. The molecule has 0 amide bonds. The molecule has 0 aromatic carbocycles. The summed E-state index contributed by atoms with van der Waals surface area (Å²) in [5, 5.41) is 3.14. The first-order valence-electron chi connectivity index (χ1n) is 7.35. The van der Waals surface area contributed by atoms with Gasteiger partial charge in [-0.2, -0.15) is 0 Å². The van der Waals surface area contributed by atoms with E-state index in [0.29, 0.717) is 0 Å². The number of aromatic nitrogens is 2. The first-order valence-corrected chi connectivity index (χ1v) is 7.35. The molecule has 0 aliphatic carbocycles. The second-order valence-corrected chi connectivity index (χ2v) is 5.41. The Morgan fingerprint density at radius 1 is 1.32 bits per heavy atom. The third kappa shape index (κ3) is 2.52. The van der Waals surface area contributed by atoms with Crippen molar-refractivity contribution in [1.82, 2.24) is 14.9 Å². The van der Waals surface area contributed by atoms with Gasteiger partial charge < -0.3 is 10.2 Å². The quantitative estimate of drug-likeness (QED) is 0.890. The number of fused-ring (bicyclic) bond motifs is 1. The topological polar surface area (TPSA) is 44.3 Å². The van der Waals surface area contributed by atoms with Crippen LogP contribution in [0.15, 0.2) is 6.07 Å². The lowest BCUT2D eigenvalue weighted by Crippen LogP contribution is -2.50. The highest BCUT2D eigenvalue weighted by Gasteiger charge is 2.31. The fraction of sp³-hybridized carbons (Fsp3) is 0.714. The van der Waals surface area contributed by atoms with Crippen LogP contribution in [0.2, 0.25) is 0 Å². The Morgan fingerprint density at radius 3 is 3.00 bits per heavy atom. The number of aryl methyl sites for hydroxylation is 1. The summed E-state index contributed by atoms with van der Waals surface area (Å²) >= 11 is 0. The highest BCUT2D eigenvalue weighted by atomic mass is 15.3. The Balaban J connectivity index is 1.81. The maximum Gasteiger partial charge on any atom is 0.134 e. The maximum absolute atomic E-state index is 4.69. The summed E-state index contributed by atoms with van der Waals surface area (Å²) in [7, 11) is 1.92. The Labute approximate surface area is 115 Å². The fourth-order valence-electron chi connectivity index (χ4n) is 3.13. The molecular formula is C14H23N5. The van der Waals surface area contributed by atoms with Gasteiger partial charge in [-0.15, -0.1) is 0 Å². The Hall–Kier alpha value is -1.36. The van der Waals surface area contributed by atoms with E-state index in [1.54, 1.807) is 0 Å². The van der Waals surface area contributed by atoms with Crippen LogP contribution < -0.4 is 10.2 Å². The Morgan fingerprint density at radius 2 is 2.21 bits per heavy atom. The molecule has 2 aliphatic rings. The molecule has 5 heteroatoms. The van der Waals surface area contributed by atoms with E-state index in [-0.39, 0.29) is 0 Å². The van der Waals surface area contributed by atoms with Gasteiger partial charge in [0.05, 0.1) is 0 Å². The number of piperazine rings is 1. The van der Waals surface area contributed by atoms with Crippen LogP contribution >= 0.6 is 0 Å². The average molecular weight is 261 g/mol. The van der Waals surface area contributed by atoms with Crippen LogP contribution in [0, 0.1) is 0 Å². The molecule has 0 saturated carbocycles. The van der Waals surface area contributed by atoms with Crippen molar-refractivity contribution in [3.63, 3.8) is 0 Å². The Kier molecular flexibility index (Phi) is 3.55. The van der Waals surface area contributed by atoms with Crippen molar-refractivity contribution >= 4 is 11.6 Å². The summed E-state index contributed by atoms with van der Waals surface area (Å²) in [5.74, 6) is 2.94. The zero-order valence-corrected chi connectivity index (χ0v) is 11.9. The van der Waals surface area contributed by atoms with E-state index >= 15 is 0 Å². The van der Waals surface area contributed by atoms with Crippen molar-refractivity contribution in [2.24, 2.45) is 0 Å². The molecule has 0 spiro atoms. The molecule has 1 atom stereocenters. The molecule has 3 heterocycles. The van der Waals surface area contributed by atoms with Crippen molar-refractivity contribution < 1.29 is 0 Å². The maximum atomic E-state index is 4.69. The molecule has 5 nitrogen and oxygen atoms in total. The number of nitrogens with zero attached hydrogens (tertiary/aromatic N) is 4. The van der Waals surface area contributed by atoms with E-state index in [0.717, 1.165) is 43.0 Å². The Bertz CT molecular complexity index is 425. The molecular weight excluding hydrogens is 238 g/mol. The van der Waals surface area contributed by atoms with Crippen LogP contribution in [-0.2, 0) is 6.42 Å². The van der Waals surface area contributed by atoms with Crippen molar-refractivity contribution in [2.45, 2.75) is 32.2 Å². The van der Waals surface area contributed by atoms with Gasteiger partial charge in [0.15, 0.2) is 0 Å². The lowest BCUT2D eigenvalue weighted by atomic mass is 10.1. The smallest absolute Gasteiger partial charge is 0.134 e. The summed E-state index contributed by atoms with van der Waals surface area (Å²) in [6, 6.07) is 2.80. The third-order valence-corrected chi connectivity index (χ3v) is 4.24.